The van der Waals surface area contributed by atoms with E-state index in [0.717, 1.165) is 0 Å². The highest BCUT2D eigenvalue weighted by molar-refractivity contribution is 7.89. The Balaban J connectivity index is 2.86. The minimum atomic E-state index is -3.65. The van der Waals surface area contributed by atoms with Gasteiger partial charge in [0.1, 0.15) is 5.69 Å². The van der Waals surface area contributed by atoms with E-state index in [0.29, 0.717) is 11.3 Å². The summed E-state index contributed by atoms with van der Waals surface area (Å²) in [5.41, 5.74) is 0.849. The average Bonchev–Trinajstić information content (AvgIpc) is 2.52. The maximum atomic E-state index is 11.8. The van der Waals surface area contributed by atoms with Gasteiger partial charge < -0.3 is 15.4 Å². The standard InChI is InChI=1S/C10H15N3O5S/c1-5-7(6(2)13-8(5)10(15)16)9(14)12-3-4-19(11,17)18/h13H,3-4H2,1-2H3,(H,12,14)(H,15,16)(H2,11,17,18). The second-order valence-corrected chi connectivity index (χ2v) is 5.79. The quantitative estimate of drug-likeness (QED) is 0.569. The van der Waals surface area contributed by atoms with E-state index in [-0.39, 0.29) is 23.6 Å². The number of sulfonamides is 1. The summed E-state index contributed by atoms with van der Waals surface area (Å²) in [6, 6.07) is 0. The molecule has 0 atom stereocenters. The van der Waals surface area contributed by atoms with Crippen LogP contribution in [-0.2, 0) is 10.0 Å². The zero-order valence-electron chi connectivity index (χ0n) is 10.5. The highest BCUT2D eigenvalue weighted by Gasteiger charge is 2.21. The first-order valence-electron chi connectivity index (χ1n) is 5.34. The number of carbonyl (C=O) groups excluding carboxylic acids is 1. The van der Waals surface area contributed by atoms with Crippen molar-refractivity contribution in [2.24, 2.45) is 5.14 Å². The zero-order valence-corrected chi connectivity index (χ0v) is 11.3. The van der Waals surface area contributed by atoms with Crippen LogP contribution >= 0.6 is 0 Å². The van der Waals surface area contributed by atoms with Crippen molar-refractivity contribution >= 4 is 21.9 Å². The fraction of sp³-hybridized carbons (Fsp3) is 0.400. The summed E-state index contributed by atoms with van der Waals surface area (Å²) < 4.78 is 21.4. The van der Waals surface area contributed by atoms with Gasteiger partial charge in [-0.2, -0.15) is 0 Å². The van der Waals surface area contributed by atoms with Crippen LogP contribution in [0.1, 0.15) is 32.1 Å². The molecular weight excluding hydrogens is 274 g/mol. The van der Waals surface area contributed by atoms with Gasteiger partial charge in [-0.25, -0.2) is 18.4 Å². The maximum absolute atomic E-state index is 11.8. The molecule has 106 valence electrons. The molecule has 1 aromatic rings. The average molecular weight is 289 g/mol. The summed E-state index contributed by atoms with van der Waals surface area (Å²) in [5.74, 6) is -2.08. The number of aromatic carboxylic acids is 1. The summed E-state index contributed by atoms with van der Waals surface area (Å²) in [5, 5.41) is 16.1. The van der Waals surface area contributed by atoms with Crippen molar-refractivity contribution in [2.45, 2.75) is 13.8 Å². The molecule has 1 heterocycles. The third-order valence-corrected chi connectivity index (χ3v) is 3.32. The first-order chi connectivity index (χ1) is 8.63. The number of H-pyrrole nitrogens is 1. The van der Waals surface area contributed by atoms with Crippen molar-refractivity contribution in [1.29, 1.82) is 0 Å². The zero-order chi connectivity index (χ0) is 14.8. The summed E-state index contributed by atoms with van der Waals surface area (Å²) in [6.45, 7) is 2.93. The van der Waals surface area contributed by atoms with Crippen LogP contribution in [0.5, 0.6) is 0 Å². The van der Waals surface area contributed by atoms with E-state index in [1.165, 1.54) is 6.92 Å². The molecule has 1 rings (SSSR count). The second kappa shape index (κ2) is 5.41. The SMILES string of the molecule is Cc1[nH]c(C(=O)O)c(C)c1C(=O)NCCS(N)(=O)=O. The van der Waals surface area contributed by atoms with E-state index < -0.39 is 21.9 Å². The number of carboxylic acids is 1. The lowest BCUT2D eigenvalue weighted by atomic mass is 10.1. The number of nitrogens with two attached hydrogens (primary N) is 1. The molecule has 0 aliphatic heterocycles. The molecule has 0 aliphatic rings. The van der Waals surface area contributed by atoms with Gasteiger partial charge in [-0.05, 0) is 19.4 Å². The molecular formula is C10H15N3O5S. The summed E-state index contributed by atoms with van der Waals surface area (Å²) >= 11 is 0. The van der Waals surface area contributed by atoms with Gasteiger partial charge in [0.15, 0.2) is 0 Å². The van der Waals surface area contributed by atoms with Gasteiger partial charge in [-0.15, -0.1) is 0 Å². The minimum absolute atomic E-state index is 0.0610. The fourth-order valence-corrected chi connectivity index (χ4v) is 2.09. The van der Waals surface area contributed by atoms with Crippen molar-refractivity contribution < 1.29 is 23.1 Å². The lowest BCUT2D eigenvalue weighted by Crippen LogP contribution is -2.32. The molecule has 1 amide bonds. The predicted molar refractivity (Wildman–Crippen MR) is 67.5 cm³/mol. The largest absolute Gasteiger partial charge is 0.477 e. The summed E-state index contributed by atoms with van der Waals surface area (Å²) in [6.07, 6.45) is 0. The van der Waals surface area contributed by atoms with Crippen molar-refractivity contribution in [3.8, 4) is 0 Å². The van der Waals surface area contributed by atoms with E-state index in [2.05, 4.69) is 10.3 Å². The number of hydrogen-bond donors (Lipinski definition) is 4. The van der Waals surface area contributed by atoms with Crippen LogP contribution in [0.3, 0.4) is 0 Å². The van der Waals surface area contributed by atoms with Crippen LogP contribution in [0.4, 0.5) is 0 Å². The van der Waals surface area contributed by atoms with Crippen LogP contribution in [0.15, 0.2) is 0 Å². The van der Waals surface area contributed by atoms with Gasteiger partial charge in [0.25, 0.3) is 5.91 Å². The second-order valence-electron chi connectivity index (χ2n) is 4.05. The smallest absolute Gasteiger partial charge is 0.352 e. The Bertz CT molecular complexity index is 617. The third-order valence-electron chi connectivity index (χ3n) is 2.55. The van der Waals surface area contributed by atoms with Gasteiger partial charge in [0.05, 0.1) is 11.3 Å². The van der Waals surface area contributed by atoms with Gasteiger partial charge in [0.2, 0.25) is 10.0 Å². The van der Waals surface area contributed by atoms with Gasteiger partial charge in [-0.1, -0.05) is 0 Å². The van der Waals surface area contributed by atoms with Crippen LogP contribution in [0, 0.1) is 13.8 Å². The van der Waals surface area contributed by atoms with Gasteiger partial charge in [-0.3, -0.25) is 4.79 Å². The molecule has 0 unspecified atom stereocenters. The summed E-state index contributed by atoms with van der Waals surface area (Å²) in [4.78, 5) is 25.3. The van der Waals surface area contributed by atoms with Crippen LogP contribution in [0.25, 0.3) is 0 Å². The number of aromatic nitrogens is 1. The van der Waals surface area contributed by atoms with E-state index in [9.17, 15) is 18.0 Å². The van der Waals surface area contributed by atoms with E-state index in [4.69, 9.17) is 10.2 Å². The Kier molecular flexibility index (Phi) is 4.32. The molecule has 5 N–H and O–H groups in total. The van der Waals surface area contributed by atoms with Crippen molar-refractivity contribution in [1.82, 2.24) is 10.3 Å². The normalized spacial score (nSPS) is 11.3. The highest BCUT2D eigenvalue weighted by atomic mass is 32.2. The first kappa shape index (κ1) is 15.2. The van der Waals surface area contributed by atoms with E-state index >= 15 is 0 Å². The molecule has 0 spiro atoms. The Morgan fingerprint density at radius 1 is 1.37 bits per heavy atom. The summed E-state index contributed by atoms with van der Waals surface area (Å²) in [7, 11) is -3.65. The Labute approximate surface area is 110 Å². The fourth-order valence-electron chi connectivity index (χ4n) is 1.70. The molecule has 0 saturated carbocycles. The molecule has 0 fully saturated rings. The maximum Gasteiger partial charge on any atom is 0.352 e. The predicted octanol–water partition coefficient (Wildman–Crippen LogP) is -0.652. The number of carboxylic acid groups (broad SMARTS) is 1. The molecule has 1 aromatic heterocycles. The lowest BCUT2D eigenvalue weighted by molar-refractivity contribution is 0.0690. The molecule has 0 saturated heterocycles. The number of aromatic amines is 1. The number of hydrogen-bond acceptors (Lipinski definition) is 4. The lowest BCUT2D eigenvalue weighted by Gasteiger charge is -2.05. The van der Waals surface area contributed by atoms with Crippen LogP contribution in [-0.4, -0.2) is 42.7 Å². The van der Waals surface area contributed by atoms with Crippen molar-refractivity contribution in [3.63, 3.8) is 0 Å². The number of amides is 1. The Hall–Kier alpha value is -1.87. The van der Waals surface area contributed by atoms with Gasteiger partial charge >= 0.3 is 5.97 Å². The molecule has 0 aromatic carbocycles. The van der Waals surface area contributed by atoms with Crippen LogP contribution in [0.2, 0.25) is 0 Å². The van der Waals surface area contributed by atoms with E-state index in [1.54, 1.807) is 6.92 Å². The molecule has 0 radical (unpaired) electrons. The minimum Gasteiger partial charge on any atom is -0.477 e. The molecule has 0 bridgehead atoms. The molecule has 19 heavy (non-hydrogen) atoms. The van der Waals surface area contributed by atoms with Crippen LogP contribution < -0.4 is 10.5 Å². The molecule has 0 aliphatic carbocycles. The number of rotatable bonds is 5. The van der Waals surface area contributed by atoms with E-state index in [1.807, 2.05) is 0 Å². The Morgan fingerprint density at radius 3 is 2.37 bits per heavy atom. The third kappa shape index (κ3) is 3.80. The monoisotopic (exact) mass is 289 g/mol. The van der Waals surface area contributed by atoms with Crippen molar-refractivity contribution in [2.75, 3.05) is 12.3 Å². The number of nitrogens with one attached hydrogen (secondary N) is 2. The Morgan fingerprint density at radius 2 is 1.95 bits per heavy atom. The number of primary sulfonamides is 1. The topological polar surface area (TPSA) is 142 Å². The number of carbonyl (C=O) groups is 2. The molecule has 8 nitrogen and oxygen atoms in total. The van der Waals surface area contributed by atoms with Gasteiger partial charge in [0, 0.05) is 12.2 Å². The number of aryl methyl sites for hydroxylation is 1. The van der Waals surface area contributed by atoms with Crippen molar-refractivity contribution in [3.05, 3.63) is 22.5 Å². The first-order valence-corrected chi connectivity index (χ1v) is 7.06. The highest BCUT2D eigenvalue weighted by Crippen LogP contribution is 2.17. The molecule has 9 heteroatoms.